The van der Waals surface area contributed by atoms with Crippen LogP contribution >= 0.6 is 0 Å². The van der Waals surface area contributed by atoms with Crippen LogP contribution in [0, 0.1) is 17.8 Å². The molecule has 116 valence electrons. The van der Waals surface area contributed by atoms with Crippen molar-refractivity contribution in [1.82, 2.24) is 10.2 Å². The average Bonchev–Trinajstić information content (AvgIpc) is 2.90. The molecule has 1 atom stereocenters. The number of carbonyl (C=O) groups excluding carboxylic acids is 1. The summed E-state index contributed by atoms with van der Waals surface area (Å²) in [6.45, 7) is 0.856. The van der Waals surface area contributed by atoms with E-state index < -0.39 is 0 Å². The van der Waals surface area contributed by atoms with Gasteiger partial charge < -0.3 is 10.2 Å². The van der Waals surface area contributed by atoms with E-state index in [2.05, 4.69) is 34.5 Å². The van der Waals surface area contributed by atoms with E-state index in [9.17, 15) is 4.79 Å². The number of amides is 2. The molecule has 3 heteroatoms. The summed E-state index contributed by atoms with van der Waals surface area (Å²) in [5, 5.41) is 3.23. The van der Waals surface area contributed by atoms with E-state index in [1.807, 2.05) is 6.07 Å². The minimum Gasteiger partial charge on any atom is -0.329 e. The minimum atomic E-state index is 0.168. The van der Waals surface area contributed by atoms with Crippen molar-refractivity contribution in [3.63, 3.8) is 0 Å². The van der Waals surface area contributed by atoms with E-state index in [1.54, 1.807) is 0 Å². The van der Waals surface area contributed by atoms with Crippen LogP contribution in [0.3, 0.4) is 0 Å². The Morgan fingerprint density at radius 2 is 1.55 bits per heavy atom. The lowest BCUT2D eigenvalue weighted by Crippen LogP contribution is -2.60. The fraction of sp³-hybridized carbons (Fsp3) is 0.632. The number of urea groups is 1. The maximum Gasteiger partial charge on any atom is 0.318 e. The van der Waals surface area contributed by atoms with Crippen molar-refractivity contribution in [3.05, 3.63) is 35.9 Å². The van der Waals surface area contributed by atoms with Crippen molar-refractivity contribution in [1.29, 1.82) is 0 Å². The van der Waals surface area contributed by atoms with Gasteiger partial charge in [0.2, 0.25) is 0 Å². The second-order valence-corrected chi connectivity index (χ2v) is 8.17. The predicted molar refractivity (Wildman–Crippen MR) is 85.3 cm³/mol. The van der Waals surface area contributed by atoms with E-state index >= 15 is 0 Å². The predicted octanol–water partition coefficient (Wildman–Crippen LogP) is 3.72. The summed E-state index contributed by atoms with van der Waals surface area (Å²) >= 11 is 0. The van der Waals surface area contributed by atoms with Crippen LogP contribution in [0.1, 0.15) is 50.1 Å². The zero-order valence-electron chi connectivity index (χ0n) is 13.0. The number of benzene rings is 1. The molecule has 1 N–H and O–H groups in total. The highest BCUT2D eigenvalue weighted by atomic mass is 16.2. The fourth-order valence-electron chi connectivity index (χ4n) is 6.22. The molecule has 1 aromatic rings. The van der Waals surface area contributed by atoms with Crippen LogP contribution in [-0.2, 0) is 0 Å². The van der Waals surface area contributed by atoms with Gasteiger partial charge in [0, 0.05) is 12.1 Å². The minimum absolute atomic E-state index is 0.168. The molecule has 4 aliphatic carbocycles. The number of rotatable bonds is 2. The van der Waals surface area contributed by atoms with Gasteiger partial charge in [-0.1, -0.05) is 30.3 Å². The third-order valence-electron chi connectivity index (χ3n) is 6.69. The summed E-state index contributed by atoms with van der Waals surface area (Å²) in [6, 6.07) is 10.8. The molecule has 2 amide bonds. The molecule has 6 rings (SSSR count). The van der Waals surface area contributed by atoms with Crippen molar-refractivity contribution in [2.24, 2.45) is 17.8 Å². The van der Waals surface area contributed by atoms with Gasteiger partial charge in [0.1, 0.15) is 0 Å². The Balaban J connectivity index is 1.43. The Morgan fingerprint density at radius 3 is 2.14 bits per heavy atom. The summed E-state index contributed by atoms with van der Waals surface area (Å²) in [4.78, 5) is 14.9. The normalized spacial score (nSPS) is 42.7. The number of nitrogens with zero attached hydrogens (tertiary/aromatic N) is 1. The zero-order valence-corrected chi connectivity index (χ0v) is 13.0. The van der Waals surface area contributed by atoms with Gasteiger partial charge in [-0.25, -0.2) is 4.79 Å². The number of hydrogen-bond acceptors (Lipinski definition) is 1. The zero-order chi connectivity index (χ0) is 14.7. The van der Waals surface area contributed by atoms with Crippen LogP contribution in [0.2, 0.25) is 0 Å². The SMILES string of the molecule is O=C1N[C@@H](c2ccccc2)CN1C12CC3CC(CC(C3)C1)C2. The Bertz CT molecular complexity index is 561. The second kappa shape index (κ2) is 4.50. The highest BCUT2D eigenvalue weighted by Crippen LogP contribution is 2.58. The Labute approximate surface area is 132 Å². The third kappa shape index (κ3) is 1.84. The van der Waals surface area contributed by atoms with Crippen LogP contribution in [-0.4, -0.2) is 23.0 Å². The Kier molecular flexibility index (Phi) is 2.65. The highest BCUT2D eigenvalue weighted by Gasteiger charge is 2.56. The quantitative estimate of drug-likeness (QED) is 0.886. The van der Waals surface area contributed by atoms with E-state index in [0.717, 1.165) is 24.3 Å². The van der Waals surface area contributed by atoms with Gasteiger partial charge in [0.25, 0.3) is 0 Å². The maximum atomic E-state index is 12.7. The molecule has 0 aromatic heterocycles. The van der Waals surface area contributed by atoms with E-state index in [-0.39, 0.29) is 17.6 Å². The molecule has 1 saturated heterocycles. The first-order valence-corrected chi connectivity index (χ1v) is 8.85. The summed E-state index contributed by atoms with van der Waals surface area (Å²) in [7, 11) is 0. The van der Waals surface area contributed by atoms with Crippen molar-refractivity contribution >= 4 is 6.03 Å². The van der Waals surface area contributed by atoms with Crippen LogP contribution in [0.15, 0.2) is 30.3 Å². The molecule has 0 radical (unpaired) electrons. The third-order valence-corrected chi connectivity index (χ3v) is 6.69. The highest BCUT2D eigenvalue weighted by molar-refractivity contribution is 5.78. The maximum absolute atomic E-state index is 12.7. The smallest absolute Gasteiger partial charge is 0.318 e. The van der Waals surface area contributed by atoms with Crippen molar-refractivity contribution in [3.8, 4) is 0 Å². The molecule has 5 aliphatic rings. The molecule has 1 aliphatic heterocycles. The van der Waals surface area contributed by atoms with E-state index in [1.165, 1.54) is 44.1 Å². The van der Waals surface area contributed by atoms with Crippen molar-refractivity contribution < 1.29 is 4.79 Å². The van der Waals surface area contributed by atoms with Gasteiger partial charge in [0.15, 0.2) is 0 Å². The summed E-state index contributed by atoms with van der Waals surface area (Å²) < 4.78 is 0. The molecule has 5 fully saturated rings. The van der Waals surface area contributed by atoms with Crippen LogP contribution in [0.4, 0.5) is 4.79 Å². The van der Waals surface area contributed by atoms with Crippen LogP contribution in [0.25, 0.3) is 0 Å². The van der Waals surface area contributed by atoms with Crippen molar-refractivity contribution in [2.45, 2.75) is 50.1 Å². The lowest BCUT2D eigenvalue weighted by Gasteiger charge is -2.59. The number of hydrogen-bond donors (Lipinski definition) is 1. The molecule has 1 heterocycles. The van der Waals surface area contributed by atoms with Gasteiger partial charge in [-0.3, -0.25) is 0 Å². The number of carbonyl (C=O) groups is 1. The number of nitrogens with one attached hydrogen (secondary N) is 1. The van der Waals surface area contributed by atoms with Crippen LogP contribution < -0.4 is 5.32 Å². The average molecular weight is 296 g/mol. The molecular weight excluding hydrogens is 272 g/mol. The first kappa shape index (κ1) is 13.0. The first-order chi connectivity index (χ1) is 10.7. The molecule has 3 nitrogen and oxygen atoms in total. The van der Waals surface area contributed by atoms with Crippen LogP contribution in [0.5, 0.6) is 0 Å². The van der Waals surface area contributed by atoms with Crippen molar-refractivity contribution in [2.75, 3.05) is 6.54 Å². The molecule has 0 unspecified atom stereocenters. The topological polar surface area (TPSA) is 32.3 Å². The van der Waals surface area contributed by atoms with E-state index in [0.29, 0.717) is 0 Å². The molecule has 0 spiro atoms. The Morgan fingerprint density at radius 1 is 0.955 bits per heavy atom. The fourth-order valence-corrected chi connectivity index (χ4v) is 6.22. The largest absolute Gasteiger partial charge is 0.329 e. The second-order valence-electron chi connectivity index (χ2n) is 8.17. The molecular formula is C19H24N2O. The van der Waals surface area contributed by atoms with Gasteiger partial charge in [0.05, 0.1) is 6.04 Å². The molecule has 4 bridgehead atoms. The molecule has 22 heavy (non-hydrogen) atoms. The van der Waals surface area contributed by atoms with Gasteiger partial charge in [-0.15, -0.1) is 0 Å². The lowest BCUT2D eigenvalue weighted by atomic mass is 9.52. The van der Waals surface area contributed by atoms with Gasteiger partial charge in [-0.2, -0.15) is 0 Å². The standard InChI is InChI=1S/C19H24N2O/c22-18-20-17(16-4-2-1-3-5-16)12-21(18)19-9-13-6-14(10-19)8-15(7-13)11-19/h1-5,13-15,17H,6-12H2,(H,20,22)/t13?,14?,15?,17-,19?/m1/s1. The molecule has 4 saturated carbocycles. The monoisotopic (exact) mass is 296 g/mol. The van der Waals surface area contributed by atoms with E-state index in [4.69, 9.17) is 0 Å². The Hall–Kier alpha value is -1.51. The summed E-state index contributed by atoms with van der Waals surface area (Å²) in [5.41, 5.74) is 1.42. The lowest BCUT2D eigenvalue weighted by molar-refractivity contribution is -0.0651. The summed E-state index contributed by atoms with van der Waals surface area (Å²) in [5.74, 6) is 2.65. The summed E-state index contributed by atoms with van der Waals surface area (Å²) in [6.07, 6.45) is 8.06. The van der Waals surface area contributed by atoms with Gasteiger partial charge >= 0.3 is 6.03 Å². The molecule has 1 aromatic carbocycles. The van der Waals surface area contributed by atoms with Gasteiger partial charge in [-0.05, 0) is 61.8 Å². The first-order valence-electron chi connectivity index (χ1n) is 8.85.